The summed E-state index contributed by atoms with van der Waals surface area (Å²) in [6, 6.07) is 0. The van der Waals surface area contributed by atoms with Crippen LogP contribution < -0.4 is 0 Å². The second-order valence-corrected chi connectivity index (χ2v) is 7.94. The molecule has 124 valence electrons. The summed E-state index contributed by atoms with van der Waals surface area (Å²) in [5.74, 6) is 1.03. The van der Waals surface area contributed by atoms with Crippen LogP contribution in [-0.4, -0.2) is 57.4 Å². The second kappa shape index (κ2) is 5.85. The minimum atomic E-state index is -0.0238. The highest BCUT2D eigenvalue weighted by molar-refractivity contribution is 7.03. The van der Waals surface area contributed by atoms with Crippen LogP contribution in [0.2, 0.25) is 0 Å². The van der Waals surface area contributed by atoms with Crippen molar-refractivity contribution in [1.82, 2.24) is 19.4 Å². The van der Waals surface area contributed by atoms with Gasteiger partial charge in [0.25, 0.3) is 5.91 Å². The monoisotopic (exact) mass is 334 g/mol. The molecule has 0 radical (unpaired) electrons. The molecule has 1 aromatic heterocycles. The van der Waals surface area contributed by atoms with Crippen molar-refractivity contribution in [2.24, 2.45) is 11.3 Å². The Morgan fingerprint density at radius 1 is 1.35 bits per heavy atom. The Labute approximate surface area is 140 Å². The fourth-order valence-corrected chi connectivity index (χ4v) is 4.50. The molecule has 2 saturated heterocycles. The van der Waals surface area contributed by atoms with E-state index in [0.717, 1.165) is 44.9 Å². The van der Waals surface area contributed by atoms with Gasteiger partial charge in [-0.25, -0.2) is 0 Å². The summed E-state index contributed by atoms with van der Waals surface area (Å²) in [5, 5.41) is 5.57. The van der Waals surface area contributed by atoms with Gasteiger partial charge in [-0.15, -0.1) is 5.10 Å². The van der Waals surface area contributed by atoms with Gasteiger partial charge in [0.1, 0.15) is 0 Å². The topological polar surface area (TPSA) is 66.4 Å². The Kier molecular flexibility index (Phi) is 3.83. The van der Waals surface area contributed by atoms with Crippen LogP contribution in [0.4, 0.5) is 0 Å². The quantitative estimate of drug-likeness (QED) is 0.845. The van der Waals surface area contributed by atoms with E-state index in [2.05, 4.69) is 14.5 Å². The Hall–Kier alpha value is -1.50. The zero-order chi connectivity index (χ0) is 15.9. The molecule has 2 amide bonds. The average molecular weight is 334 g/mol. The predicted octanol–water partition coefficient (Wildman–Crippen LogP) is 1.79. The number of aromatic nitrogens is 2. The van der Waals surface area contributed by atoms with E-state index >= 15 is 0 Å². The first-order valence-electron chi connectivity index (χ1n) is 8.49. The number of amides is 2. The smallest absolute Gasteiger partial charge is 0.275 e. The lowest BCUT2D eigenvalue weighted by atomic mass is 9.77. The Bertz CT molecular complexity index is 591. The van der Waals surface area contributed by atoms with Gasteiger partial charge in [0.15, 0.2) is 5.69 Å². The molecule has 3 aliphatic rings. The number of piperidine rings is 1. The van der Waals surface area contributed by atoms with E-state index in [4.69, 9.17) is 0 Å². The van der Waals surface area contributed by atoms with Crippen LogP contribution >= 0.6 is 11.5 Å². The lowest BCUT2D eigenvalue weighted by Gasteiger charge is -2.39. The molecule has 6 nitrogen and oxygen atoms in total. The molecule has 0 bridgehead atoms. The molecule has 0 aromatic carbocycles. The number of carbonyl (C=O) groups is 2. The third-order valence-electron chi connectivity index (χ3n) is 5.80. The molecule has 2 aliphatic heterocycles. The third kappa shape index (κ3) is 2.86. The summed E-state index contributed by atoms with van der Waals surface area (Å²) in [4.78, 5) is 28.6. The van der Waals surface area contributed by atoms with E-state index in [1.807, 2.05) is 4.90 Å². The summed E-state index contributed by atoms with van der Waals surface area (Å²) in [7, 11) is 0. The average Bonchev–Trinajstić information content (AvgIpc) is 3.12. The van der Waals surface area contributed by atoms with Crippen molar-refractivity contribution < 1.29 is 9.59 Å². The SMILES string of the molecule is O=C1CC2(CCN(C(=O)c3csnn3)CC2)CN1CC1CCC1. The molecule has 3 heterocycles. The van der Waals surface area contributed by atoms with E-state index in [1.165, 1.54) is 30.8 Å². The molecule has 1 saturated carbocycles. The summed E-state index contributed by atoms with van der Waals surface area (Å²) in [6.45, 7) is 3.29. The zero-order valence-corrected chi connectivity index (χ0v) is 14.1. The molecule has 1 spiro atoms. The first kappa shape index (κ1) is 15.1. The minimum Gasteiger partial charge on any atom is -0.342 e. The Morgan fingerprint density at radius 2 is 2.13 bits per heavy atom. The lowest BCUT2D eigenvalue weighted by Crippen LogP contribution is -2.44. The normalized spacial score (nSPS) is 24.3. The van der Waals surface area contributed by atoms with Crippen LogP contribution in [0.3, 0.4) is 0 Å². The van der Waals surface area contributed by atoms with Gasteiger partial charge in [-0.05, 0) is 43.1 Å². The van der Waals surface area contributed by atoms with Crippen LogP contribution in [0.25, 0.3) is 0 Å². The van der Waals surface area contributed by atoms with Gasteiger partial charge in [-0.2, -0.15) is 0 Å². The standard InChI is InChI=1S/C16H22N4O2S/c21-14-8-16(11-20(14)9-12-2-1-3-12)4-6-19(7-5-16)15(22)13-10-23-18-17-13/h10,12H,1-9,11H2. The first-order valence-corrected chi connectivity index (χ1v) is 9.33. The molecule has 0 N–H and O–H groups in total. The number of likely N-dealkylation sites (tertiary alicyclic amines) is 2. The summed E-state index contributed by atoms with van der Waals surface area (Å²) < 4.78 is 3.76. The molecule has 0 unspecified atom stereocenters. The number of carbonyl (C=O) groups excluding carboxylic acids is 2. The van der Waals surface area contributed by atoms with Crippen molar-refractivity contribution in [1.29, 1.82) is 0 Å². The van der Waals surface area contributed by atoms with Crippen LogP contribution in [0.15, 0.2) is 5.38 Å². The van der Waals surface area contributed by atoms with Gasteiger partial charge < -0.3 is 9.80 Å². The lowest BCUT2D eigenvalue weighted by molar-refractivity contribution is -0.128. The van der Waals surface area contributed by atoms with Gasteiger partial charge in [0.2, 0.25) is 5.91 Å². The highest BCUT2D eigenvalue weighted by atomic mass is 32.1. The van der Waals surface area contributed by atoms with Crippen molar-refractivity contribution in [3.8, 4) is 0 Å². The van der Waals surface area contributed by atoms with E-state index in [9.17, 15) is 9.59 Å². The minimum absolute atomic E-state index is 0.0238. The van der Waals surface area contributed by atoms with E-state index in [-0.39, 0.29) is 11.3 Å². The number of hydrogen-bond acceptors (Lipinski definition) is 5. The van der Waals surface area contributed by atoms with Gasteiger partial charge in [0.05, 0.1) is 0 Å². The van der Waals surface area contributed by atoms with Crippen molar-refractivity contribution >= 4 is 23.3 Å². The third-order valence-corrected chi connectivity index (χ3v) is 6.30. The number of rotatable bonds is 3. The van der Waals surface area contributed by atoms with E-state index in [0.29, 0.717) is 18.0 Å². The van der Waals surface area contributed by atoms with Crippen LogP contribution in [-0.2, 0) is 4.79 Å². The highest BCUT2D eigenvalue weighted by Crippen LogP contribution is 2.42. The van der Waals surface area contributed by atoms with Gasteiger partial charge >= 0.3 is 0 Å². The van der Waals surface area contributed by atoms with Crippen molar-refractivity contribution in [3.63, 3.8) is 0 Å². The summed E-state index contributed by atoms with van der Waals surface area (Å²) in [5.41, 5.74) is 0.540. The number of nitrogens with zero attached hydrogens (tertiary/aromatic N) is 4. The van der Waals surface area contributed by atoms with E-state index < -0.39 is 0 Å². The molecule has 1 aliphatic carbocycles. The first-order chi connectivity index (χ1) is 11.2. The maximum Gasteiger partial charge on any atom is 0.275 e. The molecule has 0 atom stereocenters. The summed E-state index contributed by atoms with van der Waals surface area (Å²) in [6.07, 6.45) is 6.38. The van der Waals surface area contributed by atoms with Gasteiger partial charge in [-0.1, -0.05) is 10.9 Å². The largest absolute Gasteiger partial charge is 0.342 e. The fraction of sp³-hybridized carbons (Fsp3) is 0.750. The van der Waals surface area contributed by atoms with Crippen LogP contribution in [0, 0.1) is 11.3 Å². The maximum absolute atomic E-state index is 12.4. The molecule has 4 rings (SSSR count). The van der Waals surface area contributed by atoms with Gasteiger partial charge in [0, 0.05) is 43.4 Å². The molecule has 7 heteroatoms. The van der Waals surface area contributed by atoms with Crippen molar-refractivity contribution in [2.75, 3.05) is 26.2 Å². The predicted molar refractivity (Wildman–Crippen MR) is 86.0 cm³/mol. The molecular weight excluding hydrogens is 312 g/mol. The molecule has 3 fully saturated rings. The van der Waals surface area contributed by atoms with E-state index in [1.54, 1.807) is 5.38 Å². The Morgan fingerprint density at radius 3 is 2.74 bits per heavy atom. The van der Waals surface area contributed by atoms with Gasteiger partial charge in [-0.3, -0.25) is 9.59 Å². The summed E-state index contributed by atoms with van der Waals surface area (Å²) >= 11 is 1.20. The van der Waals surface area contributed by atoms with Crippen molar-refractivity contribution in [2.45, 2.75) is 38.5 Å². The van der Waals surface area contributed by atoms with Crippen molar-refractivity contribution in [3.05, 3.63) is 11.1 Å². The molecule has 1 aromatic rings. The fourth-order valence-electron chi connectivity index (χ4n) is 4.07. The van der Waals surface area contributed by atoms with Crippen LogP contribution in [0.1, 0.15) is 49.0 Å². The zero-order valence-electron chi connectivity index (χ0n) is 13.2. The second-order valence-electron chi connectivity index (χ2n) is 7.33. The van der Waals surface area contributed by atoms with Crippen LogP contribution in [0.5, 0.6) is 0 Å². The highest BCUT2D eigenvalue weighted by Gasteiger charge is 2.46. The Balaban J connectivity index is 1.35. The number of hydrogen-bond donors (Lipinski definition) is 0. The molecular formula is C16H22N4O2S. The molecule has 23 heavy (non-hydrogen) atoms. The maximum atomic E-state index is 12.4.